The van der Waals surface area contributed by atoms with Gasteiger partial charge in [0.15, 0.2) is 6.10 Å². The second kappa shape index (κ2) is 57.5. The van der Waals surface area contributed by atoms with Crippen LogP contribution in [-0.2, 0) is 28.6 Å². The van der Waals surface area contributed by atoms with Crippen LogP contribution in [0.4, 0.5) is 0 Å². The van der Waals surface area contributed by atoms with Gasteiger partial charge < -0.3 is 14.2 Å². The minimum atomic E-state index is -0.775. The van der Waals surface area contributed by atoms with Crippen molar-refractivity contribution in [1.29, 1.82) is 0 Å². The molecule has 0 aromatic carbocycles. The number of hydrogen-bond donors (Lipinski definition) is 0. The molecule has 0 amide bonds. The third-order valence-corrected chi connectivity index (χ3v) is 13.7. The smallest absolute Gasteiger partial charge is 0.306 e. The average molecular weight is 958 g/mol. The van der Waals surface area contributed by atoms with Crippen LogP contribution in [0.2, 0.25) is 0 Å². The van der Waals surface area contributed by atoms with Gasteiger partial charge in [-0.25, -0.2) is 0 Å². The van der Waals surface area contributed by atoms with E-state index in [-0.39, 0.29) is 31.1 Å². The molecule has 68 heavy (non-hydrogen) atoms. The first-order chi connectivity index (χ1) is 33.5. The molecule has 1 unspecified atom stereocenters. The van der Waals surface area contributed by atoms with Gasteiger partial charge >= 0.3 is 17.9 Å². The van der Waals surface area contributed by atoms with Gasteiger partial charge in [-0.1, -0.05) is 270 Å². The zero-order chi connectivity index (χ0) is 49.3. The summed E-state index contributed by atoms with van der Waals surface area (Å²) in [7, 11) is 0. The quantitative estimate of drug-likeness (QED) is 0.0262. The van der Waals surface area contributed by atoms with E-state index in [1.807, 2.05) is 0 Å². The largest absolute Gasteiger partial charge is 0.462 e. The molecule has 1 atom stereocenters. The minimum Gasteiger partial charge on any atom is -0.462 e. The zero-order valence-electron chi connectivity index (χ0n) is 45.9. The second-order valence-electron chi connectivity index (χ2n) is 20.6. The minimum absolute atomic E-state index is 0.0727. The Morgan fingerprint density at radius 2 is 0.485 bits per heavy atom. The highest BCUT2D eigenvalue weighted by Crippen LogP contribution is 2.17. The molecule has 0 aromatic rings. The molecule has 0 aromatic heterocycles. The molecular formula is C62H116O6. The molecule has 0 heterocycles. The van der Waals surface area contributed by atoms with Crippen LogP contribution in [0.1, 0.15) is 335 Å². The number of carbonyl (C=O) groups is 3. The van der Waals surface area contributed by atoms with E-state index < -0.39 is 6.10 Å². The fraction of sp³-hybridized carbons (Fsp3) is 0.887. The molecule has 400 valence electrons. The summed E-state index contributed by atoms with van der Waals surface area (Å²) in [5.41, 5.74) is 0. The number of allylic oxidation sites excluding steroid dienone is 4. The Morgan fingerprint density at radius 3 is 0.750 bits per heavy atom. The summed E-state index contributed by atoms with van der Waals surface area (Å²) in [5, 5.41) is 0. The maximum atomic E-state index is 12.8. The van der Waals surface area contributed by atoms with Gasteiger partial charge in [0.25, 0.3) is 0 Å². The lowest BCUT2D eigenvalue weighted by atomic mass is 10.0. The predicted octanol–water partition coefficient (Wildman–Crippen LogP) is 20.3. The fourth-order valence-corrected chi connectivity index (χ4v) is 9.08. The van der Waals surface area contributed by atoms with Gasteiger partial charge in [-0.3, -0.25) is 14.4 Å². The summed E-state index contributed by atoms with van der Waals surface area (Å²) in [5.74, 6) is -0.869. The molecule has 0 aliphatic heterocycles. The maximum Gasteiger partial charge on any atom is 0.306 e. The van der Waals surface area contributed by atoms with Crippen molar-refractivity contribution in [3.05, 3.63) is 24.3 Å². The van der Waals surface area contributed by atoms with Crippen molar-refractivity contribution in [1.82, 2.24) is 0 Å². The SMILES string of the molecule is CCCCCC/C=C\CCCCCCCC(=O)OCC(COC(=O)CCCCCCCCCCCCCCCCCCCCCCCC)OC(=O)CCCCCCC/C=C\CCCCCCCC. The number of unbranched alkanes of at least 4 members (excludes halogenated alkanes) is 41. The lowest BCUT2D eigenvalue weighted by Gasteiger charge is -2.18. The lowest BCUT2D eigenvalue weighted by Crippen LogP contribution is -2.30. The van der Waals surface area contributed by atoms with Crippen LogP contribution in [0.25, 0.3) is 0 Å². The van der Waals surface area contributed by atoms with E-state index in [1.54, 1.807) is 0 Å². The zero-order valence-corrected chi connectivity index (χ0v) is 45.9. The Balaban J connectivity index is 4.26. The molecule has 6 heteroatoms. The van der Waals surface area contributed by atoms with E-state index in [0.717, 1.165) is 70.6 Å². The highest BCUT2D eigenvalue weighted by Gasteiger charge is 2.19. The third-order valence-electron chi connectivity index (χ3n) is 13.7. The standard InChI is InChI=1S/C62H116O6/c1-4-7-10-13-16-19-22-25-27-28-29-30-31-32-33-35-37-40-43-46-49-52-55-61(64)67-58-59(57-66-60(63)54-51-48-45-42-39-36-24-21-18-15-12-9-6-3)68-62(65)56-53-50-47-44-41-38-34-26-23-20-17-14-11-8-5-2/h21,24,26,34,59H,4-20,22-23,25,27-33,35-58H2,1-3H3/b24-21-,34-26-. The van der Waals surface area contributed by atoms with Crippen molar-refractivity contribution in [2.45, 2.75) is 341 Å². The summed E-state index contributed by atoms with van der Waals surface area (Å²) in [4.78, 5) is 38.2. The summed E-state index contributed by atoms with van der Waals surface area (Å²) in [6, 6.07) is 0. The van der Waals surface area contributed by atoms with Gasteiger partial charge in [0.05, 0.1) is 0 Å². The van der Waals surface area contributed by atoms with Crippen LogP contribution >= 0.6 is 0 Å². The Hall–Kier alpha value is -2.11. The van der Waals surface area contributed by atoms with Gasteiger partial charge in [-0.2, -0.15) is 0 Å². The molecule has 0 bridgehead atoms. The Bertz CT molecular complexity index is 1100. The van der Waals surface area contributed by atoms with Crippen molar-refractivity contribution in [3.8, 4) is 0 Å². The van der Waals surface area contributed by atoms with Crippen LogP contribution in [0.3, 0.4) is 0 Å². The van der Waals surface area contributed by atoms with Crippen LogP contribution in [0, 0.1) is 0 Å². The first-order valence-electron chi connectivity index (χ1n) is 30.3. The van der Waals surface area contributed by atoms with Crippen molar-refractivity contribution in [2.24, 2.45) is 0 Å². The Labute approximate surface area is 423 Å². The van der Waals surface area contributed by atoms with E-state index in [1.165, 1.54) is 225 Å². The van der Waals surface area contributed by atoms with Crippen LogP contribution < -0.4 is 0 Å². The fourth-order valence-electron chi connectivity index (χ4n) is 9.08. The molecule has 0 N–H and O–H groups in total. The highest BCUT2D eigenvalue weighted by atomic mass is 16.6. The second-order valence-corrected chi connectivity index (χ2v) is 20.6. The number of hydrogen-bond acceptors (Lipinski definition) is 6. The topological polar surface area (TPSA) is 78.9 Å². The predicted molar refractivity (Wildman–Crippen MR) is 293 cm³/mol. The average Bonchev–Trinajstić information content (AvgIpc) is 3.34. The van der Waals surface area contributed by atoms with Gasteiger partial charge in [0, 0.05) is 19.3 Å². The van der Waals surface area contributed by atoms with Crippen molar-refractivity contribution < 1.29 is 28.6 Å². The van der Waals surface area contributed by atoms with Gasteiger partial charge in [-0.05, 0) is 70.6 Å². The molecule has 0 fully saturated rings. The normalized spacial score (nSPS) is 12.1. The van der Waals surface area contributed by atoms with Crippen LogP contribution in [-0.4, -0.2) is 37.2 Å². The highest BCUT2D eigenvalue weighted by molar-refractivity contribution is 5.71. The first-order valence-corrected chi connectivity index (χ1v) is 30.3. The summed E-state index contributed by atoms with van der Waals surface area (Å²) in [6.45, 7) is 6.66. The van der Waals surface area contributed by atoms with Crippen molar-refractivity contribution in [2.75, 3.05) is 13.2 Å². The van der Waals surface area contributed by atoms with Crippen LogP contribution in [0.15, 0.2) is 24.3 Å². The molecule has 0 aliphatic rings. The van der Waals surface area contributed by atoms with E-state index in [2.05, 4.69) is 45.1 Å². The summed E-state index contributed by atoms with van der Waals surface area (Å²) < 4.78 is 16.9. The monoisotopic (exact) mass is 957 g/mol. The van der Waals surface area contributed by atoms with Crippen molar-refractivity contribution in [3.63, 3.8) is 0 Å². The molecular weight excluding hydrogens is 841 g/mol. The van der Waals surface area contributed by atoms with Crippen molar-refractivity contribution >= 4 is 17.9 Å². The van der Waals surface area contributed by atoms with E-state index in [0.29, 0.717) is 19.3 Å². The lowest BCUT2D eigenvalue weighted by molar-refractivity contribution is -0.167. The van der Waals surface area contributed by atoms with Gasteiger partial charge in [0.1, 0.15) is 13.2 Å². The van der Waals surface area contributed by atoms with E-state index >= 15 is 0 Å². The molecule has 0 radical (unpaired) electrons. The first kappa shape index (κ1) is 65.9. The molecule has 0 spiro atoms. The molecule has 0 aliphatic carbocycles. The van der Waals surface area contributed by atoms with Gasteiger partial charge in [0.2, 0.25) is 0 Å². The molecule has 6 nitrogen and oxygen atoms in total. The number of carbonyl (C=O) groups excluding carboxylic acids is 3. The summed E-state index contributed by atoms with van der Waals surface area (Å²) >= 11 is 0. The summed E-state index contributed by atoms with van der Waals surface area (Å²) in [6.07, 6.45) is 67.5. The van der Waals surface area contributed by atoms with Gasteiger partial charge in [-0.15, -0.1) is 0 Å². The maximum absolute atomic E-state index is 12.8. The number of esters is 3. The van der Waals surface area contributed by atoms with E-state index in [9.17, 15) is 14.4 Å². The third kappa shape index (κ3) is 54.8. The van der Waals surface area contributed by atoms with E-state index in [4.69, 9.17) is 14.2 Å². The Kier molecular flexibility index (Phi) is 55.7. The Morgan fingerprint density at radius 1 is 0.279 bits per heavy atom. The molecule has 0 saturated carbocycles. The molecule has 0 saturated heterocycles. The number of ether oxygens (including phenoxy) is 3. The van der Waals surface area contributed by atoms with Crippen LogP contribution in [0.5, 0.6) is 0 Å². The molecule has 0 rings (SSSR count). The number of rotatable bonds is 56.